The molecule has 14 heavy (non-hydrogen) atoms. The van der Waals surface area contributed by atoms with E-state index in [0.29, 0.717) is 6.61 Å². The highest BCUT2D eigenvalue weighted by atomic mass is 16.5. The maximum atomic E-state index is 5.64. The highest BCUT2D eigenvalue weighted by molar-refractivity contribution is 6.14. The fraction of sp³-hybridized carbons (Fsp3) is 0.455. The Balaban J connectivity index is 2.77. The van der Waals surface area contributed by atoms with E-state index in [1.165, 1.54) is 0 Å². The molecule has 0 aliphatic rings. The summed E-state index contributed by atoms with van der Waals surface area (Å²) >= 11 is 0. The van der Waals surface area contributed by atoms with Crippen LogP contribution in [-0.2, 0) is 0 Å². The Morgan fingerprint density at radius 2 is 1.86 bits per heavy atom. The van der Waals surface area contributed by atoms with Crippen LogP contribution < -0.4 is 10.5 Å². The standard InChI is InChI=1S/C11H16BNO/c1-8-5-4-6-9(2)10(8)14-7-11(3,12)13/h4-6H,7,13H2,1-3H3. The lowest BCUT2D eigenvalue weighted by atomic mass is 9.82. The van der Waals surface area contributed by atoms with E-state index in [1.807, 2.05) is 32.0 Å². The molecule has 0 aliphatic heterocycles. The number of benzene rings is 1. The van der Waals surface area contributed by atoms with Crippen LogP contribution in [0.2, 0.25) is 0 Å². The SMILES string of the molecule is [B]C(C)(N)COc1c(C)cccc1C. The minimum absolute atomic E-state index is 0.318. The number of para-hydroxylation sites is 1. The summed E-state index contributed by atoms with van der Waals surface area (Å²) in [6.45, 7) is 6.07. The van der Waals surface area contributed by atoms with Crippen molar-refractivity contribution >= 4 is 7.85 Å². The van der Waals surface area contributed by atoms with Crippen LogP contribution in [0, 0.1) is 13.8 Å². The number of hydrogen-bond acceptors (Lipinski definition) is 2. The molecule has 74 valence electrons. The number of nitrogens with two attached hydrogens (primary N) is 1. The summed E-state index contributed by atoms with van der Waals surface area (Å²) in [6.07, 6.45) is 0. The maximum absolute atomic E-state index is 5.64. The highest BCUT2D eigenvalue weighted by Crippen LogP contribution is 2.22. The van der Waals surface area contributed by atoms with Gasteiger partial charge in [0.15, 0.2) is 0 Å². The molecule has 2 nitrogen and oxygen atoms in total. The first-order valence-electron chi connectivity index (χ1n) is 4.67. The quantitative estimate of drug-likeness (QED) is 0.731. The predicted molar refractivity (Wildman–Crippen MR) is 59.8 cm³/mol. The average Bonchev–Trinajstić information content (AvgIpc) is 2.01. The van der Waals surface area contributed by atoms with Gasteiger partial charge < -0.3 is 10.5 Å². The molecule has 0 fully saturated rings. The summed E-state index contributed by atoms with van der Waals surface area (Å²) in [4.78, 5) is 0. The van der Waals surface area contributed by atoms with Crippen molar-refractivity contribution in [2.45, 2.75) is 26.2 Å². The molecular formula is C11H16BNO. The first kappa shape index (κ1) is 11.1. The van der Waals surface area contributed by atoms with Gasteiger partial charge in [-0.1, -0.05) is 25.1 Å². The van der Waals surface area contributed by atoms with E-state index in [4.69, 9.17) is 18.3 Å². The summed E-state index contributed by atoms with van der Waals surface area (Å²) < 4.78 is 5.58. The van der Waals surface area contributed by atoms with E-state index in [-0.39, 0.29) is 0 Å². The minimum atomic E-state index is -0.783. The molecule has 1 aromatic carbocycles. The second-order valence-corrected chi connectivity index (χ2v) is 4.02. The van der Waals surface area contributed by atoms with E-state index in [0.717, 1.165) is 16.9 Å². The molecule has 0 bridgehead atoms. The Hall–Kier alpha value is -0.955. The average molecular weight is 189 g/mol. The molecule has 1 rings (SSSR count). The Labute approximate surface area is 86.9 Å². The molecule has 0 aromatic heterocycles. The molecule has 2 radical (unpaired) electrons. The van der Waals surface area contributed by atoms with Crippen LogP contribution >= 0.6 is 0 Å². The van der Waals surface area contributed by atoms with Crippen molar-refractivity contribution < 1.29 is 4.74 Å². The van der Waals surface area contributed by atoms with Gasteiger partial charge in [-0.15, -0.1) is 0 Å². The normalized spacial score (nSPS) is 14.9. The molecule has 0 heterocycles. The number of hydrogen-bond donors (Lipinski definition) is 1. The fourth-order valence-corrected chi connectivity index (χ4v) is 1.25. The highest BCUT2D eigenvalue weighted by Gasteiger charge is 2.12. The van der Waals surface area contributed by atoms with Crippen LogP contribution in [0.5, 0.6) is 5.75 Å². The van der Waals surface area contributed by atoms with Crippen LogP contribution in [-0.4, -0.2) is 19.9 Å². The van der Waals surface area contributed by atoms with Crippen LogP contribution in [0.15, 0.2) is 18.2 Å². The summed E-state index contributed by atoms with van der Waals surface area (Å²) in [5.74, 6) is 0.884. The summed E-state index contributed by atoms with van der Waals surface area (Å²) in [7, 11) is 5.64. The third-order valence-corrected chi connectivity index (χ3v) is 1.94. The molecule has 1 aromatic rings. The largest absolute Gasteiger partial charge is 0.492 e. The second kappa shape index (κ2) is 4.05. The van der Waals surface area contributed by atoms with Gasteiger partial charge in [0.1, 0.15) is 5.75 Å². The van der Waals surface area contributed by atoms with Crippen molar-refractivity contribution in [2.75, 3.05) is 6.61 Å². The molecule has 0 saturated carbocycles. The lowest BCUT2D eigenvalue weighted by Gasteiger charge is -2.21. The van der Waals surface area contributed by atoms with Crippen LogP contribution in [0.25, 0.3) is 0 Å². The maximum Gasteiger partial charge on any atom is 0.125 e. The molecule has 0 saturated heterocycles. The molecule has 0 spiro atoms. The van der Waals surface area contributed by atoms with Gasteiger partial charge in [-0.3, -0.25) is 0 Å². The van der Waals surface area contributed by atoms with Crippen molar-refractivity contribution in [1.82, 2.24) is 0 Å². The Kier molecular flexibility index (Phi) is 3.22. The molecular weight excluding hydrogens is 173 g/mol. The van der Waals surface area contributed by atoms with Crippen molar-refractivity contribution in [3.63, 3.8) is 0 Å². The molecule has 0 aliphatic carbocycles. The van der Waals surface area contributed by atoms with Gasteiger partial charge in [-0.05, 0) is 25.0 Å². The summed E-state index contributed by atoms with van der Waals surface area (Å²) in [5.41, 5.74) is 7.06. The van der Waals surface area contributed by atoms with E-state index >= 15 is 0 Å². The molecule has 3 heteroatoms. The third-order valence-electron chi connectivity index (χ3n) is 1.94. The topological polar surface area (TPSA) is 35.2 Å². The van der Waals surface area contributed by atoms with Crippen molar-refractivity contribution in [3.8, 4) is 5.75 Å². The van der Waals surface area contributed by atoms with Crippen molar-refractivity contribution in [3.05, 3.63) is 29.3 Å². The number of aryl methyl sites for hydroxylation is 2. The molecule has 2 N–H and O–H groups in total. The van der Waals surface area contributed by atoms with Crippen LogP contribution in [0.1, 0.15) is 18.1 Å². The van der Waals surface area contributed by atoms with Crippen molar-refractivity contribution in [2.24, 2.45) is 5.73 Å². The third kappa shape index (κ3) is 3.07. The van der Waals surface area contributed by atoms with E-state index in [1.54, 1.807) is 6.92 Å². The lowest BCUT2D eigenvalue weighted by Crippen LogP contribution is -2.42. The van der Waals surface area contributed by atoms with Crippen molar-refractivity contribution in [1.29, 1.82) is 0 Å². The Morgan fingerprint density at radius 3 is 2.29 bits per heavy atom. The van der Waals surface area contributed by atoms with Crippen LogP contribution in [0.3, 0.4) is 0 Å². The van der Waals surface area contributed by atoms with E-state index < -0.39 is 5.44 Å². The zero-order chi connectivity index (χ0) is 10.8. The van der Waals surface area contributed by atoms with Gasteiger partial charge >= 0.3 is 0 Å². The van der Waals surface area contributed by atoms with Gasteiger partial charge in [0.2, 0.25) is 0 Å². The molecule has 1 unspecified atom stereocenters. The zero-order valence-electron chi connectivity index (χ0n) is 9.00. The number of rotatable bonds is 3. The monoisotopic (exact) mass is 189 g/mol. The van der Waals surface area contributed by atoms with E-state index in [2.05, 4.69) is 0 Å². The zero-order valence-corrected chi connectivity index (χ0v) is 9.00. The second-order valence-electron chi connectivity index (χ2n) is 4.02. The fourth-order valence-electron chi connectivity index (χ4n) is 1.25. The van der Waals surface area contributed by atoms with Crippen LogP contribution in [0.4, 0.5) is 0 Å². The first-order chi connectivity index (χ1) is 6.40. The van der Waals surface area contributed by atoms with E-state index in [9.17, 15) is 0 Å². The lowest BCUT2D eigenvalue weighted by molar-refractivity contribution is 0.275. The summed E-state index contributed by atoms with van der Waals surface area (Å²) in [5, 5.41) is 0. The molecule has 1 atom stereocenters. The number of ether oxygens (including phenoxy) is 1. The first-order valence-corrected chi connectivity index (χ1v) is 4.67. The minimum Gasteiger partial charge on any atom is -0.492 e. The van der Waals surface area contributed by atoms with Gasteiger partial charge in [0.05, 0.1) is 14.5 Å². The van der Waals surface area contributed by atoms with Gasteiger partial charge in [0.25, 0.3) is 0 Å². The smallest absolute Gasteiger partial charge is 0.125 e. The van der Waals surface area contributed by atoms with Gasteiger partial charge in [0, 0.05) is 5.44 Å². The molecule has 0 amide bonds. The van der Waals surface area contributed by atoms with Gasteiger partial charge in [-0.2, -0.15) is 0 Å². The summed E-state index contributed by atoms with van der Waals surface area (Å²) in [6, 6.07) is 6.01. The predicted octanol–water partition coefficient (Wildman–Crippen LogP) is 1.53. The Morgan fingerprint density at radius 1 is 1.36 bits per heavy atom. The Bertz CT molecular complexity index is 297. The van der Waals surface area contributed by atoms with Gasteiger partial charge in [-0.25, -0.2) is 0 Å².